The van der Waals surface area contributed by atoms with Crippen molar-refractivity contribution < 1.29 is 23.3 Å². The molecule has 7 heteroatoms. The van der Waals surface area contributed by atoms with Crippen LogP contribution < -0.4 is 15.8 Å². The minimum absolute atomic E-state index is 0.0508. The number of carbonyl (C=O) groups excluding carboxylic acids is 1. The summed E-state index contributed by atoms with van der Waals surface area (Å²) in [5, 5.41) is 0. The number of amides is 1. The van der Waals surface area contributed by atoms with Crippen LogP contribution in [0.4, 0.5) is 4.39 Å². The summed E-state index contributed by atoms with van der Waals surface area (Å²) < 4.78 is 25.9. The van der Waals surface area contributed by atoms with E-state index in [2.05, 4.69) is 5.48 Å². The van der Waals surface area contributed by atoms with Gasteiger partial charge >= 0.3 is 7.12 Å². The predicted molar refractivity (Wildman–Crippen MR) is 74.6 cm³/mol. The molecule has 1 aromatic carbocycles. The van der Waals surface area contributed by atoms with Gasteiger partial charge in [0.1, 0.15) is 0 Å². The lowest BCUT2D eigenvalue weighted by Crippen LogP contribution is -2.41. The number of hydroxylamine groups is 1. The zero-order valence-corrected chi connectivity index (χ0v) is 12.5. The van der Waals surface area contributed by atoms with E-state index >= 15 is 0 Å². The second-order valence-electron chi connectivity index (χ2n) is 6.38. The van der Waals surface area contributed by atoms with E-state index < -0.39 is 24.1 Å². The van der Waals surface area contributed by atoms with Crippen molar-refractivity contribution in [2.24, 2.45) is 0 Å². The Morgan fingerprint density at radius 3 is 2.43 bits per heavy atom. The quantitative estimate of drug-likeness (QED) is 0.788. The Morgan fingerprint density at radius 1 is 1.19 bits per heavy atom. The van der Waals surface area contributed by atoms with Crippen LogP contribution in [-0.2, 0) is 20.5 Å². The largest absolute Gasteiger partial charge is 0.494 e. The van der Waals surface area contributed by atoms with E-state index in [1.165, 1.54) is 6.07 Å². The first kappa shape index (κ1) is 14.3. The highest BCUT2D eigenvalue weighted by atomic mass is 19.1. The molecule has 0 spiro atoms. The summed E-state index contributed by atoms with van der Waals surface area (Å²) in [7, 11) is -0.667. The van der Waals surface area contributed by atoms with E-state index in [1.54, 1.807) is 6.07 Å². The molecule has 2 aliphatic rings. The number of hydrogen-bond acceptors (Lipinski definition) is 4. The molecule has 1 fully saturated rings. The number of nitrogens with one attached hydrogen (secondary N) is 1. The summed E-state index contributed by atoms with van der Waals surface area (Å²) in [6.45, 7) is 7.72. The Kier molecular flexibility index (Phi) is 3.04. The molecule has 1 saturated heterocycles. The van der Waals surface area contributed by atoms with Gasteiger partial charge in [-0.1, -0.05) is 6.07 Å². The first-order chi connectivity index (χ1) is 9.69. The molecule has 1 aromatic rings. The molecule has 21 heavy (non-hydrogen) atoms. The number of halogens is 1. The molecule has 0 bridgehead atoms. The molecule has 0 radical (unpaired) electrons. The van der Waals surface area contributed by atoms with Crippen molar-refractivity contribution in [1.29, 1.82) is 0 Å². The molecule has 0 saturated carbocycles. The third-order valence-corrected chi connectivity index (χ3v) is 4.29. The van der Waals surface area contributed by atoms with Gasteiger partial charge in [0.25, 0.3) is 5.91 Å². The Balaban J connectivity index is 1.96. The highest BCUT2D eigenvalue weighted by Crippen LogP contribution is 2.37. The van der Waals surface area contributed by atoms with Gasteiger partial charge in [0, 0.05) is 5.56 Å². The second kappa shape index (κ2) is 4.45. The lowest BCUT2D eigenvalue weighted by molar-refractivity contribution is -0.128. The number of fused-ring (bicyclic) bond motifs is 1. The van der Waals surface area contributed by atoms with Crippen LogP contribution in [0.1, 0.15) is 33.3 Å². The third-order valence-electron chi connectivity index (χ3n) is 4.29. The number of benzene rings is 1. The molecular weight excluding hydrogens is 276 g/mol. The SMILES string of the molecule is CC1(C)OB(c2cc(F)c3c(c2)CC(=O)NO3)OC1(C)C. The van der Waals surface area contributed by atoms with Crippen LogP contribution in [0.5, 0.6) is 5.75 Å². The molecule has 1 amide bonds. The molecule has 2 aliphatic heterocycles. The predicted octanol–water partition coefficient (Wildman–Crippen LogP) is 1.09. The van der Waals surface area contributed by atoms with E-state index in [1.807, 2.05) is 27.7 Å². The summed E-state index contributed by atoms with van der Waals surface area (Å²) in [5.74, 6) is -0.806. The van der Waals surface area contributed by atoms with Gasteiger partial charge in [-0.05, 0) is 39.2 Å². The van der Waals surface area contributed by atoms with E-state index in [0.717, 1.165) is 0 Å². The van der Waals surface area contributed by atoms with E-state index in [-0.39, 0.29) is 18.1 Å². The van der Waals surface area contributed by atoms with Gasteiger partial charge in [-0.2, -0.15) is 5.48 Å². The monoisotopic (exact) mass is 293 g/mol. The van der Waals surface area contributed by atoms with Crippen LogP contribution >= 0.6 is 0 Å². The van der Waals surface area contributed by atoms with Crippen LogP contribution in [0, 0.1) is 5.82 Å². The molecule has 2 heterocycles. The maximum atomic E-state index is 14.1. The maximum absolute atomic E-state index is 14.1. The van der Waals surface area contributed by atoms with Gasteiger partial charge in [0.05, 0.1) is 17.6 Å². The molecule has 112 valence electrons. The smallest absolute Gasteiger partial charge is 0.399 e. The minimum Gasteiger partial charge on any atom is -0.399 e. The molecule has 5 nitrogen and oxygen atoms in total. The second-order valence-corrected chi connectivity index (χ2v) is 6.38. The van der Waals surface area contributed by atoms with Crippen LogP contribution in [0.3, 0.4) is 0 Å². The topological polar surface area (TPSA) is 56.8 Å². The van der Waals surface area contributed by atoms with Gasteiger partial charge in [-0.25, -0.2) is 4.39 Å². The van der Waals surface area contributed by atoms with Gasteiger partial charge < -0.3 is 14.1 Å². The third kappa shape index (κ3) is 2.30. The van der Waals surface area contributed by atoms with E-state index in [4.69, 9.17) is 14.1 Å². The van der Waals surface area contributed by atoms with Gasteiger partial charge in [-0.15, -0.1) is 0 Å². The first-order valence-electron chi connectivity index (χ1n) is 6.83. The highest BCUT2D eigenvalue weighted by molar-refractivity contribution is 6.62. The van der Waals surface area contributed by atoms with E-state index in [0.29, 0.717) is 11.0 Å². The van der Waals surface area contributed by atoms with Gasteiger partial charge in [0.15, 0.2) is 11.6 Å². The standard InChI is InChI=1S/C14H17BFNO4/c1-13(2)14(3,4)21-15(20-13)9-5-8-6-11(18)17-19-12(8)10(16)7-9/h5,7H,6H2,1-4H3,(H,17,18). The summed E-state index contributed by atoms with van der Waals surface area (Å²) in [6, 6.07) is 3.01. The fraction of sp³-hybridized carbons (Fsp3) is 0.500. The highest BCUT2D eigenvalue weighted by Gasteiger charge is 2.52. The summed E-state index contributed by atoms with van der Waals surface area (Å²) >= 11 is 0. The van der Waals surface area contributed by atoms with Crippen LogP contribution in [0.2, 0.25) is 0 Å². The normalized spacial score (nSPS) is 22.5. The van der Waals surface area contributed by atoms with Crippen molar-refractivity contribution in [2.75, 3.05) is 0 Å². The molecule has 0 unspecified atom stereocenters. The van der Waals surface area contributed by atoms with Crippen molar-refractivity contribution in [3.63, 3.8) is 0 Å². The summed E-state index contributed by atoms with van der Waals surface area (Å²) in [6.07, 6.45) is 0.0690. The van der Waals surface area contributed by atoms with Crippen molar-refractivity contribution in [1.82, 2.24) is 5.48 Å². The van der Waals surface area contributed by atoms with Gasteiger partial charge in [-0.3, -0.25) is 4.79 Å². The molecular formula is C14H17BFNO4. The number of rotatable bonds is 1. The Hall–Kier alpha value is -1.60. The van der Waals surface area contributed by atoms with Crippen molar-refractivity contribution in [3.05, 3.63) is 23.5 Å². The van der Waals surface area contributed by atoms with Crippen LogP contribution in [0.25, 0.3) is 0 Å². The minimum atomic E-state index is -0.667. The van der Waals surface area contributed by atoms with Crippen LogP contribution in [-0.4, -0.2) is 24.2 Å². The average Bonchev–Trinajstić information content (AvgIpc) is 2.57. The maximum Gasteiger partial charge on any atom is 0.494 e. The van der Waals surface area contributed by atoms with Crippen LogP contribution in [0.15, 0.2) is 12.1 Å². The Bertz CT molecular complexity index is 601. The molecule has 0 aromatic heterocycles. The number of hydrogen-bond donors (Lipinski definition) is 1. The molecule has 3 rings (SSSR count). The average molecular weight is 293 g/mol. The van der Waals surface area contributed by atoms with E-state index in [9.17, 15) is 9.18 Å². The van der Waals surface area contributed by atoms with Gasteiger partial charge in [0.2, 0.25) is 0 Å². The molecule has 0 atom stereocenters. The fourth-order valence-corrected chi connectivity index (χ4v) is 2.35. The van der Waals surface area contributed by atoms with Crippen molar-refractivity contribution >= 4 is 18.5 Å². The zero-order valence-electron chi connectivity index (χ0n) is 12.5. The number of carbonyl (C=O) groups is 1. The Morgan fingerprint density at radius 2 is 1.81 bits per heavy atom. The Labute approximate surface area is 122 Å². The molecule has 0 aliphatic carbocycles. The first-order valence-corrected chi connectivity index (χ1v) is 6.83. The zero-order chi connectivity index (χ0) is 15.4. The lowest BCUT2D eigenvalue weighted by atomic mass is 9.78. The van der Waals surface area contributed by atoms with Crippen molar-refractivity contribution in [3.8, 4) is 5.75 Å². The molecule has 1 N–H and O–H groups in total. The lowest BCUT2D eigenvalue weighted by Gasteiger charge is -2.32. The summed E-state index contributed by atoms with van der Waals surface area (Å²) in [4.78, 5) is 16.3. The van der Waals surface area contributed by atoms with Crippen molar-refractivity contribution in [2.45, 2.75) is 45.3 Å². The summed E-state index contributed by atoms with van der Waals surface area (Å²) in [5.41, 5.74) is 2.18. The fourth-order valence-electron chi connectivity index (χ4n) is 2.35.